The van der Waals surface area contributed by atoms with Gasteiger partial charge in [0.2, 0.25) is 5.91 Å². The SMILES string of the molecule is C=CCNC(=NCCc1ccco1)N1CCN(CC(=O)NCCOC)CC1.I. The molecule has 8 nitrogen and oxygen atoms in total. The number of halogens is 1. The number of piperazine rings is 1. The molecule has 2 rings (SSSR count). The highest BCUT2D eigenvalue weighted by Gasteiger charge is 2.21. The van der Waals surface area contributed by atoms with Crippen molar-refractivity contribution in [2.45, 2.75) is 6.42 Å². The predicted molar refractivity (Wildman–Crippen MR) is 121 cm³/mol. The average Bonchev–Trinajstić information content (AvgIpc) is 3.19. The van der Waals surface area contributed by atoms with E-state index in [0.29, 0.717) is 32.8 Å². The highest BCUT2D eigenvalue weighted by molar-refractivity contribution is 14.0. The van der Waals surface area contributed by atoms with Gasteiger partial charge in [-0.15, -0.1) is 30.6 Å². The Labute approximate surface area is 184 Å². The van der Waals surface area contributed by atoms with Gasteiger partial charge in [-0.2, -0.15) is 0 Å². The van der Waals surface area contributed by atoms with Crippen molar-refractivity contribution in [1.29, 1.82) is 0 Å². The zero-order chi connectivity index (χ0) is 19.3. The number of furan rings is 1. The minimum Gasteiger partial charge on any atom is -0.469 e. The summed E-state index contributed by atoms with van der Waals surface area (Å²) < 4.78 is 10.3. The number of ether oxygens (including phenoxy) is 1. The summed E-state index contributed by atoms with van der Waals surface area (Å²) in [6, 6.07) is 3.85. The van der Waals surface area contributed by atoms with E-state index in [0.717, 1.165) is 44.3 Å². The molecule has 2 heterocycles. The summed E-state index contributed by atoms with van der Waals surface area (Å²) in [5.41, 5.74) is 0. The lowest BCUT2D eigenvalue weighted by Crippen LogP contribution is -2.54. The van der Waals surface area contributed by atoms with E-state index < -0.39 is 0 Å². The fraction of sp³-hybridized carbons (Fsp3) is 0.579. The monoisotopic (exact) mass is 505 g/mol. The summed E-state index contributed by atoms with van der Waals surface area (Å²) >= 11 is 0. The maximum Gasteiger partial charge on any atom is 0.234 e. The third-order valence-corrected chi connectivity index (χ3v) is 4.27. The summed E-state index contributed by atoms with van der Waals surface area (Å²) in [6.45, 7) is 9.90. The molecule has 1 aromatic heterocycles. The Morgan fingerprint density at radius 3 is 2.79 bits per heavy atom. The van der Waals surface area contributed by atoms with Crippen molar-refractivity contribution >= 4 is 35.8 Å². The number of hydrogen-bond acceptors (Lipinski definition) is 5. The maximum atomic E-state index is 11.9. The first-order chi connectivity index (χ1) is 13.2. The molecule has 0 radical (unpaired) electrons. The second-order valence-corrected chi connectivity index (χ2v) is 6.31. The normalized spacial score (nSPS) is 15.0. The first-order valence-electron chi connectivity index (χ1n) is 9.37. The number of nitrogens with one attached hydrogen (secondary N) is 2. The molecule has 0 saturated carbocycles. The van der Waals surface area contributed by atoms with Crippen LogP contribution < -0.4 is 10.6 Å². The smallest absolute Gasteiger partial charge is 0.234 e. The van der Waals surface area contributed by atoms with E-state index in [2.05, 4.69) is 27.0 Å². The molecule has 1 amide bonds. The van der Waals surface area contributed by atoms with Gasteiger partial charge in [0.1, 0.15) is 5.76 Å². The van der Waals surface area contributed by atoms with E-state index in [-0.39, 0.29) is 29.9 Å². The molecule has 9 heteroatoms. The quantitative estimate of drug-likeness (QED) is 0.162. The molecule has 0 spiro atoms. The summed E-state index contributed by atoms with van der Waals surface area (Å²) in [5, 5.41) is 6.18. The Hall–Kier alpha value is -1.59. The topological polar surface area (TPSA) is 82.3 Å². The van der Waals surface area contributed by atoms with Crippen molar-refractivity contribution in [1.82, 2.24) is 20.4 Å². The maximum absolute atomic E-state index is 11.9. The van der Waals surface area contributed by atoms with Crippen LogP contribution in [0.3, 0.4) is 0 Å². The zero-order valence-electron chi connectivity index (χ0n) is 16.6. The second kappa shape index (κ2) is 14.4. The lowest BCUT2D eigenvalue weighted by molar-refractivity contribution is -0.122. The third-order valence-electron chi connectivity index (χ3n) is 4.27. The molecule has 2 N–H and O–H groups in total. The summed E-state index contributed by atoms with van der Waals surface area (Å²) in [6.07, 6.45) is 4.27. The van der Waals surface area contributed by atoms with Crippen LogP contribution >= 0.6 is 24.0 Å². The van der Waals surface area contributed by atoms with Crippen LogP contribution in [0.15, 0.2) is 40.5 Å². The molecule has 1 aliphatic heterocycles. The number of guanidine groups is 1. The van der Waals surface area contributed by atoms with Crippen LogP contribution in [0.4, 0.5) is 0 Å². The molecule has 0 aliphatic carbocycles. The number of carbonyl (C=O) groups excluding carboxylic acids is 1. The summed E-state index contributed by atoms with van der Waals surface area (Å²) in [4.78, 5) is 21.0. The predicted octanol–water partition coefficient (Wildman–Crippen LogP) is 0.952. The van der Waals surface area contributed by atoms with Gasteiger partial charge in [-0.1, -0.05) is 6.08 Å². The van der Waals surface area contributed by atoms with Crippen LogP contribution in [0.2, 0.25) is 0 Å². The van der Waals surface area contributed by atoms with Gasteiger partial charge < -0.3 is 24.7 Å². The molecule has 28 heavy (non-hydrogen) atoms. The third kappa shape index (κ3) is 9.07. The number of carbonyl (C=O) groups is 1. The molecule has 1 saturated heterocycles. The van der Waals surface area contributed by atoms with E-state index in [9.17, 15) is 4.79 Å². The standard InChI is InChI=1S/C19H31N5O3.HI/c1-3-7-21-19(22-8-6-17-5-4-14-27-17)24-12-10-23(11-13-24)16-18(25)20-9-15-26-2;/h3-5,14H,1,6-13,15-16H2,2H3,(H,20,25)(H,21,22);1H. The fourth-order valence-corrected chi connectivity index (χ4v) is 2.83. The summed E-state index contributed by atoms with van der Waals surface area (Å²) in [5.74, 6) is 1.86. The van der Waals surface area contributed by atoms with Crippen LogP contribution in [-0.4, -0.2) is 87.7 Å². The number of hydrogen-bond donors (Lipinski definition) is 2. The van der Waals surface area contributed by atoms with Gasteiger partial charge in [-0.05, 0) is 12.1 Å². The molecule has 0 aromatic carbocycles. The van der Waals surface area contributed by atoms with Gasteiger partial charge in [0.25, 0.3) is 0 Å². The van der Waals surface area contributed by atoms with Crippen molar-refractivity contribution in [3.63, 3.8) is 0 Å². The molecule has 1 fully saturated rings. The Bertz CT molecular complexity index is 586. The van der Waals surface area contributed by atoms with Gasteiger partial charge in [0.05, 0.1) is 19.4 Å². The van der Waals surface area contributed by atoms with Crippen molar-refractivity contribution in [2.75, 3.05) is 66.1 Å². The first-order valence-corrected chi connectivity index (χ1v) is 9.37. The van der Waals surface area contributed by atoms with Gasteiger partial charge in [0, 0.05) is 59.3 Å². The van der Waals surface area contributed by atoms with Crippen LogP contribution in [0.1, 0.15) is 5.76 Å². The molecule has 1 aromatic rings. The fourth-order valence-electron chi connectivity index (χ4n) is 2.83. The Kier molecular flexibility index (Phi) is 12.6. The second-order valence-electron chi connectivity index (χ2n) is 6.31. The van der Waals surface area contributed by atoms with E-state index in [1.165, 1.54) is 0 Å². The highest BCUT2D eigenvalue weighted by Crippen LogP contribution is 2.04. The van der Waals surface area contributed by atoms with Gasteiger partial charge in [0.15, 0.2) is 5.96 Å². The lowest BCUT2D eigenvalue weighted by atomic mass is 10.3. The average molecular weight is 505 g/mol. The number of nitrogens with zero attached hydrogens (tertiary/aromatic N) is 3. The Morgan fingerprint density at radius 2 is 2.14 bits per heavy atom. The van der Waals surface area contributed by atoms with Gasteiger partial charge >= 0.3 is 0 Å². The molecular formula is C19H32IN5O3. The van der Waals surface area contributed by atoms with E-state index >= 15 is 0 Å². The largest absolute Gasteiger partial charge is 0.469 e. The van der Waals surface area contributed by atoms with Crippen LogP contribution in [0.5, 0.6) is 0 Å². The van der Waals surface area contributed by atoms with E-state index in [4.69, 9.17) is 14.1 Å². The number of methoxy groups -OCH3 is 1. The molecule has 158 valence electrons. The first kappa shape index (κ1) is 24.4. The Morgan fingerprint density at radius 1 is 1.36 bits per heavy atom. The van der Waals surface area contributed by atoms with Gasteiger partial charge in [-0.25, -0.2) is 0 Å². The molecular weight excluding hydrogens is 473 g/mol. The van der Waals surface area contributed by atoms with E-state index in [1.54, 1.807) is 13.4 Å². The highest BCUT2D eigenvalue weighted by atomic mass is 127. The van der Waals surface area contributed by atoms with Crippen molar-refractivity contribution in [3.05, 3.63) is 36.8 Å². The van der Waals surface area contributed by atoms with E-state index in [1.807, 2.05) is 18.2 Å². The van der Waals surface area contributed by atoms with Gasteiger partial charge in [-0.3, -0.25) is 14.7 Å². The number of aliphatic imine (C=N–C) groups is 1. The van der Waals surface area contributed by atoms with Crippen molar-refractivity contribution < 1.29 is 13.9 Å². The molecule has 0 bridgehead atoms. The molecule has 0 atom stereocenters. The molecule has 1 aliphatic rings. The molecule has 0 unspecified atom stereocenters. The Balaban J connectivity index is 0.00000392. The number of amides is 1. The number of rotatable bonds is 10. The zero-order valence-corrected chi connectivity index (χ0v) is 18.9. The van der Waals surface area contributed by atoms with Crippen molar-refractivity contribution in [2.24, 2.45) is 4.99 Å². The minimum atomic E-state index is 0. The lowest BCUT2D eigenvalue weighted by Gasteiger charge is -2.36. The minimum absolute atomic E-state index is 0. The van der Waals surface area contributed by atoms with Crippen LogP contribution in [0, 0.1) is 0 Å². The van der Waals surface area contributed by atoms with Crippen LogP contribution in [0.25, 0.3) is 0 Å². The van der Waals surface area contributed by atoms with Crippen molar-refractivity contribution in [3.8, 4) is 0 Å². The van der Waals surface area contributed by atoms with Crippen LogP contribution in [-0.2, 0) is 16.0 Å². The summed E-state index contributed by atoms with van der Waals surface area (Å²) in [7, 11) is 1.62.